The van der Waals surface area contributed by atoms with Crippen LogP contribution >= 0.6 is 0 Å². The number of carboxylic acids is 2. The average molecular weight is 396 g/mol. The van der Waals surface area contributed by atoms with Crippen LogP contribution in [-0.2, 0) is 30.6 Å². The Morgan fingerprint density at radius 1 is 1.11 bits per heavy atom. The van der Waals surface area contributed by atoms with E-state index in [9.17, 15) is 4.79 Å². The first kappa shape index (κ1) is 23.5. The molecule has 0 unspecified atom stereocenters. The van der Waals surface area contributed by atoms with E-state index in [1.54, 1.807) is 0 Å². The second kappa shape index (κ2) is 11.4. The van der Waals surface area contributed by atoms with Crippen LogP contribution in [0.4, 0.5) is 0 Å². The largest absolute Gasteiger partial charge is 0.473 e. The molecule has 1 aromatic rings. The van der Waals surface area contributed by atoms with Crippen molar-refractivity contribution in [2.45, 2.75) is 57.9 Å². The Balaban J connectivity index is 0.000000568. The average Bonchev–Trinajstić information content (AvgIpc) is 2.62. The minimum atomic E-state index is -1.82. The molecule has 9 heteroatoms. The zero-order valence-electron chi connectivity index (χ0n) is 16.3. The van der Waals surface area contributed by atoms with Crippen molar-refractivity contribution >= 4 is 17.9 Å². The number of piperidine rings is 1. The molecule has 1 heterocycles. The maximum Gasteiger partial charge on any atom is 0.414 e. The third-order valence-electron chi connectivity index (χ3n) is 3.62. The first-order valence-electron chi connectivity index (χ1n) is 8.92. The van der Waals surface area contributed by atoms with Gasteiger partial charge in [-0.15, -0.1) is 0 Å². The van der Waals surface area contributed by atoms with Gasteiger partial charge in [0.1, 0.15) is 11.6 Å². The van der Waals surface area contributed by atoms with Gasteiger partial charge in [-0.1, -0.05) is 30.3 Å². The van der Waals surface area contributed by atoms with Crippen molar-refractivity contribution in [2.24, 2.45) is 0 Å². The molecule has 0 radical (unpaired) electrons. The highest BCUT2D eigenvalue weighted by Crippen LogP contribution is 2.14. The summed E-state index contributed by atoms with van der Waals surface area (Å²) >= 11 is 0. The lowest BCUT2D eigenvalue weighted by Gasteiger charge is -2.31. The Labute approximate surface area is 164 Å². The van der Waals surface area contributed by atoms with Crippen LogP contribution < -0.4 is 10.8 Å². The monoisotopic (exact) mass is 396 g/mol. The van der Waals surface area contributed by atoms with E-state index in [0.717, 1.165) is 18.4 Å². The van der Waals surface area contributed by atoms with E-state index in [0.29, 0.717) is 13.2 Å². The van der Waals surface area contributed by atoms with E-state index < -0.39 is 17.5 Å². The molecule has 1 saturated heterocycles. The van der Waals surface area contributed by atoms with Gasteiger partial charge in [0.2, 0.25) is 0 Å². The topological polar surface area (TPSA) is 134 Å². The zero-order valence-corrected chi connectivity index (χ0v) is 16.3. The molecule has 4 N–H and O–H groups in total. The molecule has 0 aliphatic carbocycles. The summed E-state index contributed by atoms with van der Waals surface area (Å²) in [5, 5.41) is 18.0. The highest BCUT2D eigenvalue weighted by atomic mass is 16.6. The van der Waals surface area contributed by atoms with Crippen molar-refractivity contribution in [3.63, 3.8) is 0 Å². The van der Waals surface area contributed by atoms with Crippen molar-refractivity contribution in [1.29, 1.82) is 0 Å². The van der Waals surface area contributed by atoms with Crippen molar-refractivity contribution in [3.8, 4) is 0 Å². The summed E-state index contributed by atoms with van der Waals surface area (Å²) in [6.45, 7) is 6.88. The standard InChI is InChI=1S/C17H26N2O3.C2H2O4/c1-17(2,3)22-16(20)15-10-9-14(11-18-15)19-21-12-13-7-5-4-6-8-13;3-1(4)2(5)6/h4-8,14-15,18-19H,9-12H2,1-3H3;(H,3,4)(H,5,6)/t14-,15+;/m1./s1. The normalized spacial score (nSPS) is 19.1. The Morgan fingerprint density at radius 2 is 1.71 bits per heavy atom. The Bertz CT molecular complexity index is 623. The van der Waals surface area contributed by atoms with E-state index >= 15 is 0 Å². The molecule has 9 nitrogen and oxygen atoms in total. The fourth-order valence-electron chi connectivity index (χ4n) is 2.35. The minimum absolute atomic E-state index is 0.170. The minimum Gasteiger partial charge on any atom is -0.473 e. The number of carbonyl (C=O) groups is 3. The van der Waals surface area contributed by atoms with Gasteiger partial charge in [0.25, 0.3) is 0 Å². The van der Waals surface area contributed by atoms with Crippen LogP contribution in [-0.4, -0.2) is 52.4 Å². The van der Waals surface area contributed by atoms with Gasteiger partial charge in [0, 0.05) is 12.6 Å². The smallest absolute Gasteiger partial charge is 0.414 e. The number of aliphatic carboxylic acids is 2. The number of hydrogen-bond donors (Lipinski definition) is 4. The predicted octanol–water partition coefficient (Wildman–Crippen LogP) is 1.33. The van der Waals surface area contributed by atoms with Gasteiger partial charge in [0.05, 0.1) is 6.61 Å². The lowest BCUT2D eigenvalue weighted by molar-refractivity contribution is -0.159. The molecule has 0 saturated carbocycles. The molecular formula is C19H28N2O7. The molecule has 1 aliphatic rings. The maximum atomic E-state index is 12.0. The predicted molar refractivity (Wildman–Crippen MR) is 100 cm³/mol. The third-order valence-corrected chi connectivity index (χ3v) is 3.62. The lowest BCUT2D eigenvalue weighted by Crippen LogP contribution is -2.51. The summed E-state index contributed by atoms with van der Waals surface area (Å²) in [5.74, 6) is -3.82. The number of benzene rings is 1. The van der Waals surface area contributed by atoms with Gasteiger partial charge >= 0.3 is 17.9 Å². The number of nitrogens with one attached hydrogen (secondary N) is 2. The van der Waals surface area contributed by atoms with E-state index in [4.69, 9.17) is 29.4 Å². The number of hydroxylamine groups is 1. The Kier molecular flexibility index (Phi) is 9.57. The SMILES string of the molecule is CC(C)(C)OC(=O)[C@@H]1CC[C@@H](NOCc2ccccc2)CN1.O=C(O)C(=O)O. The molecule has 0 spiro atoms. The van der Waals surface area contributed by atoms with Gasteiger partial charge in [-0.3, -0.25) is 9.63 Å². The number of carbonyl (C=O) groups excluding carboxylic acids is 1. The number of ether oxygens (including phenoxy) is 1. The Hall–Kier alpha value is -2.49. The second-order valence-corrected chi connectivity index (χ2v) is 7.27. The van der Waals surface area contributed by atoms with Gasteiger partial charge in [-0.2, -0.15) is 5.48 Å². The summed E-state index contributed by atoms with van der Waals surface area (Å²) in [6.07, 6.45) is 1.63. The quantitative estimate of drug-likeness (QED) is 0.330. The summed E-state index contributed by atoms with van der Waals surface area (Å²) < 4.78 is 5.40. The molecule has 0 aromatic heterocycles. The summed E-state index contributed by atoms with van der Waals surface area (Å²) in [4.78, 5) is 35.7. The molecule has 2 rings (SSSR count). The van der Waals surface area contributed by atoms with Crippen molar-refractivity contribution < 1.29 is 34.2 Å². The van der Waals surface area contributed by atoms with E-state index in [2.05, 4.69) is 10.8 Å². The number of esters is 1. The first-order chi connectivity index (χ1) is 13.1. The molecule has 156 valence electrons. The number of hydrogen-bond acceptors (Lipinski definition) is 7. The highest BCUT2D eigenvalue weighted by Gasteiger charge is 2.29. The van der Waals surface area contributed by atoms with Gasteiger partial charge in [-0.05, 0) is 39.2 Å². The highest BCUT2D eigenvalue weighted by molar-refractivity contribution is 6.27. The van der Waals surface area contributed by atoms with Crippen LogP contribution in [0, 0.1) is 0 Å². The van der Waals surface area contributed by atoms with E-state index in [1.807, 2.05) is 51.1 Å². The molecule has 0 bridgehead atoms. The van der Waals surface area contributed by atoms with Gasteiger partial charge in [0.15, 0.2) is 0 Å². The van der Waals surface area contributed by atoms with E-state index in [-0.39, 0.29) is 18.1 Å². The van der Waals surface area contributed by atoms with Crippen molar-refractivity contribution in [2.75, 3.05) is 6.54 Å². The first-order valence-corrected chi connectivity index (χ1v) is 8.92. The van der Waals surface area contributed by atoms with Gasteiger partial charge in [-0.25, -0.2) is 9.59 Å². The van der Waals surface area contributed by atoms with Crippen LogP contribution in [0.2, 0.25) is 0 Å². The maximum absolute atomic E-state index is 12.0. The summed E-state index contributed by atoms with van der Waals surface area (Å²) in [5.41, 5.74) is 3.76. The second-order valence-electron chi connectivity index (χ2n) is 7.27. The van der Waals surface area contributed by atoms with Crippen LogP contribution in [0.25, 0.3) is 0 Å². The Morgan fingerprint density at radius 3 is 2.18 bits per heavy atom. The molecule has 1 aromatic carbocycles. The van der Waals surface area contributed by atoms with Crippen LogP contribution in [0.15, 0.2) is 30.3 Å². The number of rotatable bonds is 5. The molecule has 1 aliphatic heterocycles. The molecule has 2 atom stereocenters. The fraction of sp³-hybridized carbons (Fsp3) is 0.526. The lowest BCUT2D eigenvalue weighted by atomic mass is 10.0. The van der Waals surface area contributed by atoms with Gasteiger partial charge < -0.3 is 20.3 Å². The van der Waals surface area contributed by atoms with Crippen molar-refractivity contribution in [1.82, 2.24) is 10.8 Å². The third kappa shape index (κ3) is 10.0. The summed E-state index contributed by atoms with van der Waals surface area (Å²) in [6, 6.07) is 10.0. The molecule has 1 fully saturated rings. The molecule has 28 heavy (non-hydrogen) atoms. The molecular weight excluding hydrogens is 368 g/mol. The fourth-order valence-corrected chi connectivity index (χ4v) is 2.35. The zero-order chi connectivity index (χ0) is 21.2. The molecule has 0 amide bonds. The van der Waals surface area contributed by atoms with Crippen LogP contribution in [0.5, 0.6) is 0 Å². The van der Waals surface area contributed by atoms with Crippen molar-refractivity contribution in [3.05, 3.63) is 35.9 Å². The van der Waals surface area contributed by atoms with E-state index in [1.165, 1.54) is 0 Å². The van der Waals surface area contributed by atoms with Crippen LogP contribution in [0.1, 0.15) is 39.2 Å². The number of carboxylic acid groups (broad SMARTS) is 2. The summed E-state index contributed by atoms with van der Waals surface area (Å²) in [7, 11) is 0. The van der Waals surface area contributed by atoms with Crippen LogP contribution in [0.3, 0.4) is 0 Å².